The van der Waals surface area contributed by atoms with Gasteiger partial charge in [0.1, 0.15) is 5.76 Å². The number of halogens is 1. The Hall–Kier alpha value is -0.810. The lowest BCUT2D eigenvalue weighted by Crippen LogP contribution is -2.43. The molecule has 2 rings (SSSR count). The Morgan fingerprint density at radius 1 is 1.36 bits per heavy atom. The molecule has 1 saturated heterocycles. The summed E-state index contributed by atoms with van der Waals surface area (Å²) in [6, 6.07) is 4.05. The van der Waals surface area contributed by atoms with Crippen LogP contribution in [0.4, 0.5) is 0 Å². The van der Waals surface area contributed by atoms with Crippen molar-refractivity contribution in [2.75, 3.05) is 44.7 Å². The second kappa shape index (κ2) is 11.0. The average molecular weight is 484 g/mol. The first kappa shape index (κ1) is 22.2. The van der Waals surface area contributed by atoms with E-state index in [1.807, 2.05) is 12.1 Å². The van der Waals surface area contributed by atoms with Gasteiger partial charge in [0.25, 0.3) is 0 Å². The molecular weight excluding hydrogens is 455 g/mol. The first-order chi connectivity index (χ1) is 11.6. The molecule has 9 heteroatoms. The normalized spacial score (nSPS) is 17.1. The van der Waals surface area contributed by atoms with Crippen LogP contribution < -0.4 is 10.6 Å². The Bertz CT molecular complexity index is 613. The highest BCUT2D eigenvalue weighted by Crippen LogP contribution is 2.24. The molecule has 1 aromatic heterocycles. The quantitative estimate of drug-likeness (QED) is 0.332. The van der Waals surface area contributed by atoms with Crippen LogP contribution in [0, 0.1) is 0 Å². The molecule has 1 unspecified atom stereocenters. The van der Waals surface area contributed by atoms with Crippen LogP contribution in [0.3, 0.4) is 0 Å². The molecule has 0 saturated carbocycles. The zero-order valence-electron chi connectivity index (χ0n) is 14.9. The molecule has 1 aliphatic rings. The number of nitrogens with zero attached hydrogens (tertiary/aromatic N) is 2. The number of sulfone groups is 1. The summed E-state index contributed by atoms with van der Waals surface area (Å²) in [5, 5.41) is 6.34. The summed E-state index contributed by atoms with van der Waals surface area (Å²) >= 11 is 0. The molecule has 1 aliphatic heterocycles. The number of aliphatic imine (C=N–C) groups is 1. The third-order valence-electron chi connectivity index (χ3n) is 4.28. The molecule has 25 heavy (non-hydrogen) atoms. The number of likely N-dealkylation sites (tertiary alicyclic amines) is 1. The Morgan fingerprint density at radius 3 is 2.64 bits per heavy atom. The molecular formula is C16H29IN4O3S. The van der Waals surface area contributed by atoms with E-state index < -0.39 is 9.84 Å². The molecule has 0 aliphatic carbocycles. The largest absolute Gasteiger partial charge is 0.468 e. The van der Waals surface area contributed by atoms with Gasteiger partial charge in [0, 0.05) is 25.9 Å². The van der Waals surface area contributed by atoms with Crippen LogP contribution in [0.1, 0.15) is 31.6 Å². The maximum atomic E-state index is 11.5. The zero-order chi connectivity index (χ0) is 17.4. The lowest BCUT2D eigenvalue weighted by molar-refractivity contribution is 0.215. The second-order valence-corrected chi connectivity index (χ2v) is 8.36. The van der Waals surface area contributed by atoms with E-state index in [4.69, 9.17) is 4.42 Å². The average Bonchev–Trinajstić information content (AvgIpc) is 3.27. The van der Waals surface area contributed by atoms with Crippen LogP contribution >= 0.6 is 24.0 Å². The molecule has 1 atom stereocenters. The summed E-state index contributed by atoms with van der Waals surface area (Å²) in [6.07, 6.45) is 4.11. The first-order valence-electron chi connectivity index (χ1n) is 8.48. The van der Waals surface area contributed by atoms with Gasteiger partial charge in [-0.3, -0.25) is 9.89 Å². The fourth-order valence-corrected chi connectivity index (χ4v) is 3.53. The molecule has 0 amide bonds. The predicted octanol–water partition coefficient (Wildman–Crippen LogP) is 1.63. The van der Waals surface area contributed by atoms with Crippen molar-refractivity contribution < 1.29 is 12.8 Å². The Morgan fingerprint density at radius 2 is 2.08 bits per heavy atom. The Kier molecular flexibility index (Phi) is 9.80. The number of rotatable bonds is 8. The lowest BCUT2D eigenvalue weighted by Gasteiger charge is -2.26. The van der Waals surface area contributed by atoms with Crippen LogP contribution in [-0.2, 0) is 9.84 Å². The van der Waals surface area contributed by atoms with E-state index in [1.54, 1.807) is 20.2 Å². The van der Waals surface area contributed by atoms with Crippen LogP contribution in [-0.4, -0.2) is 64.0 Å². The fraction of sp³-hybridized carbons (Fsp3) is 0.688. The summed E-state index contributed by atoms with van der Waals surface area (Å²) in [5.41, 5.74) is 0. The number of hydrogen-bond donors (Lipinski definition) is 2. The van der Waals surface area contributed by atoms with Gasteiger partial charge >= 0.3 is 0 Å². The van der Waals surface area contributed by atoms with Crippen LogP contribution in [0.5, 0.6) is 0 Å². The van der Waals surface area contributed by atoms with Gasteiger partial charge in [0.15, 0.2) is 15.8 Å². The van der Waals surface area contributed by atoms with Crippen LogP contribution in [0.2, 0.25) is 0 Å². The van der Waals surface area contributed by atoms with Crippen molar-refractivity contribution in [3.05, 3.63) is 24.2 Å². The van der Waals surface area contributed by atoms with Gasteiger partial charge in [-0.1, -0.05) is 6.92 Å². The van der Waals surface area contributed by atoms with E-state index in [-0.39, 0.29) is 41.5 Å². The smallest absolute Gasteiger partial charge is 0.191 e. The maximum absolute atomic E-state index is 11.5. The second-order valence-electron chi connectivity index (χ2n) is 5.89. The van der Waals surface area contributed by atoms with Gasteiger partial charge in [-0.15, -0.1) is 24.0 Å². The summed E-state index contributed by atoms with van der Waals surface area (Å²) < 4.78 is 28.7. The highest BCUT2D eigenvalue weighted by molar-refractivity contribution is 14.0. The van der Waals surface area contributed by atoms with E-state index in [9.17, 15) is 8.42 Å². The lowest BCUT2D eigenvalue weighted by atomic mass is 10.2. The molecule has 0 spiro atoms. The molecule has 1 fully saturated rings. The SMILES string of the molecule is CCS(=O)(=O)CCNC(=NC)NCC(c1ccco1)N1CCCC1.I. The van der Waals surface area contributed by atoms with Crippen molar-refractivity contribution in [3.63, 3.8) is 0 Å². The van der Waals surface area contributed by atoms with Crippen molar-refractivity contribution in [1.29, 1.82) is 0 Å². The number of nitrogens with one attached hydrogen (secondary N) is 2. The van der Waals surface area contributed by atoms with Gasteiger partial charge in [-0.05, 0) is 38.1 Å². The van der Waals surface area contributed by atoms with Crippen molar-refractivity contribution >= 4 is 39.8 Å². The van der Waals surface area contributed by atoms with E-state index in [0.29, 0.717) is 19.0 Å². The van der Waals surface area contributed by atoms with Gasteiger partial charge in [-0.2, -0.15) is 0 Å². The standard InChI is InChI=1S/C16H28N4O3S.HI/c1-3-24(21,22)12-8-18-16(17-2)19-13-14(15-7-6-11-23-15)20-9-4-5-10-20;/h6-7,11,14H,3-5,8-10,12-13H2,1-2H3,(H2,17,18,19);1H. The van der Waals surface area contributed by atoms with E-state index in [1.165, 1.54) is 12.8 Å². The minimum atomic E-state index is -2.97. The minimum Gasteiger partial charge on any atom is -0.468 e. The van der Waals surface area contributed by atoms with Crippen molar-refractivity contribution in [1.82, 2.24) is 15.5 Å². The van der Waals surface area contributed by atoms with Gasteiger partial charge in [0.05, 0.1) is 18.1 Å². The summed E-state index contributed by atoms with van der Waals surface area (Å²) in [7, 11) is -1.29. The van der Waals surface area contributed by atoms with Gasteiger partial charge < -0.3 is 15.1 Å². The monoisotopic (exact) mass is 484 g/mol. The number of hydrogen-bond acceptors (Lipinski definition) is 5. The fourth-order valence-electron chi connectivity index (χ4n) is 2.83. The molecule has 2 N–H and O–H groups in total. The summed E-state index contributed by atoms with van der Waals surface area (Å²) in [6.45, 7) is 4.80. The molecule has 0 radical (unpaired) electrons. The third-order valence-corrected chi connectivity index (χ3v) is 5.99. The van der Waals surface area contributed by atoms with Gasteiger partial charge in [0.2, 0.25) is 0 Å². The third kappa shape index (κ3) is 7.14. The zero-order valence-corrected chi connectivity index (χ0v) is 18.0. The van der Waals surface area contributed by atoms with E-state index >= 15 is 0 Å². The molecule has 7 nitrogen and oxygen atoms in total. The predicted molar refractivity (Wildman–Crippen MR) is 111 cm³/mol. The number of furan rings is 1. The van der Waals surface area contributed by atoms with Gasteiger partial charge in [-0.25, -0.2) is 8.42 Å². The molecule has 1 aromatic rings. The highest BCUT2D eigenvalue weighted by atomic mass is 127. The van der Waals surface area contributed by atoms with E-state index in [2.05, 4.69) is 20.5 Å². The first-order valence-corrected chi connectivity index (χ1v) is 10.3. The summed E-state index contributed by atoms with van der Waals surface area (Å²) in [5.74, 6) is 1.82. The van der Waals surface area contributed by atoms with Crippen molar-refractivity contribution in [3.8, 4) is 0 Å². The van der Waals surface area contributed by atoms with Crippen molar-refractivity contribution in [2.24, 2.45) is 4.99 Å². The molecule has 2 heterocycles. The number of guanidine groups is 1. The van der Waals surface area contributed by atoms with Crippen LogP contribution in [0.25, 0.3) is 0 Å². The summed E-state index contributed by atoms with van der Waals surface area (Å²) in [4.78, 5) is 6.57. The Balaban J connectivity index is 0.00000312. The maximum Gasteiger partial charge on any atom is 0.191 e. The molecule has 144 valence electrons. The topological polar surface area (TPSA) is 86.9 Å². The molecule has 0 bridgehead atoms. The molecule has 0 aromatic carbocycles. The van der Waals surface area contributed by atoms with E-state index in [0.717, 1.165) is 18.8 Å². The minimum absolute atomic E-state index is 0. The van der Waals surface area contributed by atoms with Crippen molar-refractivity contribution in [2.45, 2.75) is 25.8 Å². The van der Waals surface area contributed by atoms with Crippen LogP contribution in [0.15, 0.2) is 27.8 Å². The Labute approximate surface area is 167 Å². The highest BCUT2D eigenvalue weighted by Gasteiger charge is 2.25.